The second kappa shape index (κ2) is 7.37. The molecule has 0 radical (unpaired) electrons. The second-order valence-electron chi connectivity index (χ2n) is 4.85. The summed E-state index contributed by atoms with van der Waals surface area (Å²) in [5.41, 5.74) is 7.18. The Labute approximate surface area is 127 Å². The zero-order valence-electron chi connectivity index (χ0n) is 12.3. The molecule has 1 aliphatic heterocycles. The summed E-state index contributed by atoms with van der Waals surface area (Å²) in [4.78, 5) is 31.6. The molecule has 1 aromatic rings. The first kappa shape index (κ1) is 17.4. The van der Waals surface area contributed by atoms with Crippen molar-refractivity contribution in [3.63, 3.8) is 0 Å². The Morgan fingerprint density at radius 1 is 1.14 bits per heavy atom. The molecule has 0 saturated carbocycles. The van der Waals surface area contributed by atoms with Crippen molar-refractivity contribution in [2.24, 2.45) is 5.73 Å². The highest BCUT2D eigenvalue weighted by Gasteiger charge is 2.22. The minimum atomic E-state index is -1.02. The number of phenolic OH excluding ortho intramolecular Hbond substituents is 1. The van der Waals surface area contributed by atoms with E-state index < -0.39 is 12.0 Å². The van der Waals surface area contributed by atoms with E-state index in [0.717, 1.165) is 5.56 Å². The van der Waals surface area contributed by atoms with Crippen LogP contribution in [0.15, 0.2) is 35.4 Å². The maximum Gasteiger partial charge on any atom is 0.320 e. The zero-order valence-corrected chi connectivity index (χ0v) is 12.3. The molecule has 118 valence electrons. The molecule has 0 bridgehead atoms. The Hall–Kier alpha value is -2.67. The molecule has 1 unspecified atom stereocenters. The number of nitrogens with two attached hydrogens (primary N) is 1. The largest absolute Gasteiger partial charge is 0.508 e. The van der Waals surface area contributed by atoms with E-state index in [-0.39, 0.29) is 24.0 Å². The topological polar surface area (TPSA) is 130 Å². The number of hydrogen-bond acceptors (Lipinski definition) is 5. The van der Waals surface area contributed by atoms with Gasteiger partial charge >= 0.3 is 5.97 Å². The van der Waals surface area contributed by atoms with Crippen molar-refractivity contribution in [1.29, 1.82) is 0 Å². The van der Waals surface area contributed by atoms with Crippen LogP contribution < -0.4 is 11.1 Å². The van der Waals surface area contributed by atoms with Gasteiger partial charge in [-0.2, -0.15) is 0 Å². The van der Waals surface area contributed by atoms with E-state index in [4.69, 9.17) is 15.9 Å². The highest BCUT2D eigenvalue weighted by molar-refractivity contribution is 6.18. The lowest BCUT2D eigenvalue weighted by atomic mass is 10.1. The lowest BCUT2D eigenvalue weighted by molar-refractivity contribution is -0.138. The highest BCUT2D eigenvalue weighted by atomic mass is 16.4. The predicted molar refractivity (Wildman–Crippen MR) is 78.9 cm³/mol. The molecule has 2 rings (SSSR count). The summed E-state index contributed by atoms with van der Waals surface area (Å²) < 4.78 is 0. The summed E-state index contributed by atoms with van der Waals surface area (Å²) in [5, 5.41) is 19.6. The van der Waals surface area contributed by atoms with Crippen molar-refractivity contribution in [1.82, 2.24) is 5.32 Å². The Kier molecular flexibility index (Phi) is 5.82. The van der Waals surface area contributed by atoms with E-state index in [2.05, 4.69) is 5.32 Å². The maximum atomic E-state index is 10.6. The number of rotatable bonds is 3. The number of carbonyl (C=O) groups excluding carboxylic acids is 2. The number of amides is 2. The monoisotopic (exact) mass is 306 g/mol. The van der Waals surface area contributed by atoms with Crippen molar-refractivity contribution in [3.05, 3.63) is 41.0 Å². The number of nitrogens with one attached hydrogen (secondary N) is 1. The third-order valence-corrected chi connectivity index (χ3v) is 3.18. The summed E-state index contributed by atoms with van der Waals surface area (Å²) in [6.07, 6.45) is 0.273. The number of aromatic hydroxyl groups is 1. The molecule has 7 heteroatoms. The third-order valence-electron chi connectivity index (χ3n) is 3.18. The highest BCUT2D eigenvalue weighted by Crippen LogP contribution is 2.11. The summed E-state index contributed by atoms with van der Waals surface area (Å²) in [6.45, 7) is 3.27. The summed E-state index contributed by atoms with van der Waals surface area (Å²) in [5.74, 6) is -1.39. The van der Waals surface area contributed by atoms with Crippen LogP contribution in [-0.4, -0.2) is 34.0 Å². The van der Waals surface area contributed by atoms with E-state index in [0.29, 0.717) is 11.1 Å². The molecule has 22 heavy (non-hydrogen) atoms. The number of benzene rings is 1. The average molecular weight is 306 g/mol. The van der Waals surface area contributed by atoms with Crippen LogP contribution >= 0.6 is 0 Å². The van der Waals surface area contributed by atoms with Gasteiger partial charge in [0.05, 0.1) is 0 Å². The van der Waals surface area contributed by atoms with Crippen LogP contribution in [0.25, 0.3) is 0 Å². The molecule has 5 N–H and O–H groups in total. The first-order valence-corrected chi connectivity index (χ1v) is 6.51. The van der Waals surface area contributed by atoms with Crippen LogP contribution in [0.5, 0.6) is 5.75 Å². The second-order valence-corrected chi connectivity index (χ2v) is 4.85. The van der Waals surface area contributed by atoms with Crippen LogP contribution in [-0.2, 0) is 20.8 Å². The molecule has 0 spiro atoms. The van der Waals surface area contributed by atoms with Crippen LogP contribution in [0, 0.1) is 0 Å². The Balaban J connectivity index is 0.000000235. The molecular formula is C15H18N2O5. The summed E-state index contributed by atoms with van der Waals surface area (Å²) in [7, 11) is 0. The molecule has 0 aliphatic carbocycles. The van der Waals surface area contributed by atoms with E-state index in [9.17, 15) is 14.4 Å². The maximum absolute atomic E-state index is 10.6. The molecule has 0 saturated heterocycles. The number of carboxylic acids is 1. The van der Waals surface area contributed by atoms with Crippen molar-refractivity contribution in [2.45, 2.75) is 26.3 Å². The number of hydrogen-bond donors (Lipinski definition) is 4. The van der Waals surface area contributed by atoms with Gasteiger partial charge in [-0.15, -0.1) is 0 Å². The number of phenols is 1. The molecule has 0 aromatic heterocycles. The number of carboxylic acid groups (broad SMARTS) is 1. The van der Waals surface area contributed by atoms with Crippen molar-refractivity contribution in [2.75, 3.05) is 0 Å². The summed E-state index contributed by atoms with van der Waals surface area (Å²) >= 11 is 0. The van der Waals surface area contributed by atoms with Gasteiger partial charge in [0.1, 0.15) is 11.8 Å². The fourth-order valence-electron chi connectivity index (χ4n) is 1.60. The molecule has 1 aliphatic rings. The first-order valence-electron chi connectivity index (χ1n) is 6.51. The lowest BCUT2D eigenvalue weighted by Gasteiger charge is -2.05. The van der Waals surface area contributed by atoms with Gasteiger partial charge in [0.15, 0.2) is 0 Å². The molecule has 7 nitrogen and oxygen atoms in total. The van der Waals surface area contributed by atoms with Gasteiger partial charge < -0.3 is 15.9 Å². The van der Waals surface area contributed by atoms with E-state index in [1.165, 1.54) is 12.1 Å². The van der Waals surface area contributed by atoms with Gasteiger partial charge in [-0.25, -0.2) is 0 Å². The fourth-order valence-corrected chi connectivity index (χ4v) is 1.60. The minimum absolute atomic E-state index is 0.160. The molecular weight excluding hydrogens is 288 g/mol. The molecule has 1 heterocycles. The number of imide groups is 1. The number of carbonyl (C=O) groups is 3. The Morgan fingerprint density at radius 3 is 1.91 bits per heavy atom. The van der Waals surface area contributed by atoms with Crippen molar-refractivity contribution >= 4 is 17.8 Å². The van der Waals surface area contributed by atoms with E-state index in [1.807, 2.05) is 0 Å². The normalized spacial score (nSPS) is 15.0. The van der Waals surface area contributed by atoms with Gasteiger partial charge in [-0.1, -0.05) is 12.1 Å². The molecule has 0 fully saturated rings. The van der Waals surface area contributed by atoms with E-state index in [1.54, 1.807) is 26.0 Å². The number of aliphatic carboxylic acids is 1. The van der Waals surface area contributed by atoms with Crippen LogP contribution in [0.1, 0.15) is 19.4 Å². The van der Waals surface area contributed by atoms with Gasteiger partial charge in [0, 0.05) is 11.1 Å². The van der Waals surface area contributed by atoms with Gasteiger partial charge in [-0.3, -0.25) is 19.7 Å². The SMILES string of the molecule is CC1=C(C)C(=O)NC1=O.NC(Cc1ccc(O)cc1)C(=O)O. The third kappa shape index (κ3) is 4.71. The predicted octanol–water partition coefficient (Wildman–Crippen LogP) is 0.326. The lowest BCUT2D eigenvalue weighted by Crippen LogP contribution is -2.32. The average Bonchev–Trinajstić information content (AvgIpc) is 2.68. The molecule has 2 amide bonds. The van der Waals surface area contributed by atoms with Crippen LogP contribution in [0.3, 0.4) is 0 Å². The quantitative estimate of drug-likeness (QED) is 0.595. The Morgan fingerprint density at radius 2 is 1.59 bits per heavy atom. The van der Waals surface area contributed by atoms with E-state index >= 15 is 0 Å². The van der Waals surface area contributed by atoms with Crippen LogP contribution in [0.2, 0.25) is 0 Å². The molecule has 1 atom stereocenters. The van der Waals surface area contributed by atoms with Crippen LogP contribution in [0.4, 0.5) is 0 Å². The summed E-state index contributed by atoms with van der Waals surface area (Å²) in [6, 6.07) is 5.42. The minimum Gasteiger partial charge on any atom is -0.508 e. The molecule has 1 aromatic carbocycles. The fraction of sp³-hybridized carbons (Fsp3) is 0.267. The van der Waals surface area contributed by atoms with Gasteiger partial charge in [0.25, 0.3) is 11.8 Å². The van der Waals surface area contributed by atoms with Gasteiger partial charge in [0.2, 0.25) is 0 Å². The zero-order chi connectivity index (χ0) is 16.9. The van der Waals surface area contributed by atoms with Crippen molar-refractivity contribution in [3.8, 4) is 5.75 Å². The smallest absolute Gasteiger partial charge is 0.320 e. The van der Waals surface area contributed by atoms with Gasteiger partial charge in [-0.05, 0) is 38.0 Å². The Bertz CT molecular complexity index is 597. The first-order chi connectivity index (χ1) is 10.2. The van der Waals surface area contributed by atoms with Crippen molar-refractivity contribution < 1.29 is 24.6 Å². The standard InChI is InChI=1S/C9H11NO3.C6H7NO2/c10-8(9(12)13)5-6-1-3-7(11)4-2-6;1-3-4(2)6(9)7-5(3)8/h1-4,8,11H,5,10H2,(H,12,13);1-2H3,(H,7,8,9).